The Balaban J connectivity index is 2.60. The molecule has 1 heterocycles. The molecule has 0 aliphatic carbocycles. The lowest BCUT2D eigenvalue weighted by Crippen LogP contribution is -2.44. The Kier molecular flexibility index (Phi) is 7.17. The first-order chi connectivity index (χ1) is 9.51. The van der Waals surface area contributed by atoms with E-state index in [0.29, 0.717) is 11.5 Å². The molecule has 0 amide bonds. The minimum atomic E-state index is 0.355. The Morgan fingerprint density at radius 2 is 1.95 bits per heavy atom. The number of nitrogens with one attached hydrogen (secondary N) is 1. The van der Waals surface area contributed by atoms with E-state index in [9.17, 15) is 0 Å². The van der Waals surface area contributed by atoms with Gasteiger partial charge in [-0.25, -0.2) is 0 Å². The largest absolute Gasteiger partial charge is 0.314 e. The first-order valence-corrected chi connectivity index (χ1v) is 7.83. The summed E-state index contributed by atoms with van der Waals surface area (Å²) < 4.78 is 0. The Bertz CT molecular complexity index is 358. The maximum atomic E-state index is 4.42. The predicted octanol–water partition coefficient (Wildman–Crippen LogP) is 3.32. The molecule has 0 aliphatic rings. The zero-order valence-corrected chi connectivity index (χ0v) is 13.8. The normalized spacial score (nSPS) is 12.3. The van der Waals surface area contributed by atoms with Gasteiger partial charge in [0.1, 0.15) is 0 Å². The molecule has 1 N–H and O–H groups in total. The van der Waals surface area contributed by atoms with Crippen LogP contribution in [0.5, 0.6) is 0 Å². The van der Waals surface area contributed by atoms with E-state index in [1.165, 1.54) is 12.8 Å². The molecule has 0 aliphatic heterocycles. The molecule has 0 saturated heterocycles. The van der Waals surface area contributed by atoms with Crippen LogP contribution in [0.4, 0.5) is 0 Å². The molecule has 0 radical (unpaired) electrons. The van der Waals surface area contributed by atoms with Gasteiger partial charge in [-0.1, -0.05) is 33.8 Å². The van der Waals surface area contributed by atoms with Crippen molar-refractivity contribution in [2.75, 3.05) is 20.1 Å². The number of hydrogen-bond acceptors (Lipinski definition) is 3. The fourth-order valence-electron chi connectivity index (χ4n) is 2.60. The van der Waals surface area contributed by atoms with Crippen LogP contribution in [0, 0.1) is 5.41 Å². The highest BCUT2D eigenvalue weighted by Gasteiger charge is 2.27. The summed E-state index contributed by atoms with van der Waals surface area (Å²) in [6, 6.07) is 6.68. The summed E-state index contributed by atoms with van der Waals surface area (Å²) in [6.07, 6.45) is 4.28. The summed E-state index contributed by atoms with van der Waals surface area (Å²) in [6.45, 7) is 12.2. The topological polar surface area (TPSA) is 28.2 Å². The minimum absolute atomic E-state index is 0.355. The second kappa shape index (κ2) is 8.38. The van der Waals surface area contributed by atoms with Crippen molar-refractivity contribution in [1.29, 1.82) is 0 Å². The van der Waals surface area contributed by atoms with Crippen LogP contribution >= 0.6 is 0 Å². The summed E-state index contributed by atoms with van der Waals surface area (Å²) in [5.74, 6) is 0. The van der Waals surface area contributed by atoms with Crippen LogP contribution in [0.2, 0.25) is 0 Å². The number of rotatable bonds is 9. The van der Waals surface area contributed by atoms with E-state index >= 15 is 0 Å². The van der Waals surface area contributed by atoms with Gasteiger partial charge in [-0.2, -0.15) is 0 Å². The zero-order chi connectivity index (χ0) is 15.0. The van der Waals surface area contributed by atoms with Crippen molar-refractivity contribution in [3.05, 3.63) is 30.1 Å². The molecule has 0 saturated carbocycles. The molecular weight excluding hydrogens is 246 g/mol. The van der Waals surface area contributed by atoms with Crippen LogP contribution in [0.3, 0.4) is 0 Å². The van der Waals surface area contributed by atoms with Crippen LogP contribution < -0.4 is 5.32 Å². The fourth-order valence-corrected chi connectivity index (χ4v) is 2.60. The quantitative estimate of drug-likeness (QED) is 0.750. The summed E-state index contributed by atoms with van der Waals surface area (Å²) in [5, 5.41) is 3.62. The first-order valence-electron chi connectivity index (χ1n) is 7.83. The highest BCUT2D eigenvalue weighted by atomic mass is 15.1. The van der Waals surface area contributed by atoms with Crippen molar-refractivity contribution in [2.45, 2.75) is 53.1 Å². The molecule has 0 aromatic carbocycles. The van der Waals surface area contributed by atoms with E-state index in [2.05, 4.69) is 62.1 Å². The Labute approximate surface area is 124 Å². The van der Waals surface area contributed by atoms with Gasteiger partial charge < -0.3 is 5.32 Å². The fraction of sp³-hybridized carbons (Fsp3) is 0.706. The molecule has 0 bridgehead atoms. The van der Waals surface area contributed by atoms with Crippen LogP contribution in [0.1, 0.15) is 46.2 Å². The molecule has 1 rings (SSSR count). The number of nitrogens with zero attached hydrogens (tertiary/aromatic N) is 2. The highest BCUT2D eigenvalue weighted by Crippen LogP contribution is 2.27. The summed E-state index contributed by atoms with van der Waals surface area (Å²) >= 11 is 0. The lowest BCUT2D eigenvalue weighted by Gasteiger charge is -2.36. The van der Waals surface area contributed by atoms with Gasteiger partial charge in [0.25, 0.3) is 0 Å². The van der Waals surface area contributed by atoms with Gasteiger partial charge >= 0.3 is 0 Å². The third-order valence-electron chi connectivity index (χ3n) is 4.15. The highest BCUT2D eigenvalue weighted by molar-refractivity contribution is 5.03. The third kappa shape index (κ3) is 5.59. The van der Waals surface area contributed by atoms with Crippen molar-refractivity contribution in [3.8, 4) is 0 Å². The number of pyridine rings is 1. The maximum Gasteiger partial charge on any atom is 0.0543 e. The van der Waals surface area contributed by atoms with Gasteiger partial charge in [0.05, 0.1) is 5.69 Å². The van der Waals surface area contributed by atoms with Crippen molar-refractivity contribution in [2.24, 2.45) is 5.41 Å². The van der Waals surface area contributed by atoms with Crippen molar-refractivity contribution in [3.63, 3.8) is 0 Å². The number of aromatic nitrogens is 1. The average molecular weight is 277 g/mol. The van der Waals surface area contributed by atoms with E-state index < -0.39 is 0 Å². The van der Waals surface area contributed by atoms with Gasteiger partial charge in [-0.3, -0.25) is 9.88 Å². The van der Waals surface area contributed by atoms with E-state index in [-0.39, 0.29) is 0 Å². The predicted molar refractivity (Wildman–Crippen MR) is 86.7 cm³/mol. The van der Waals surface area contributed by atoms with Gasteiger partial charge in [-0.15, -0.1) is 0 Å². The van der Waals surface area contributed by atoms with Gasteiger partial charge in [0, 0.05) is 31.9 Å². The van der Waals surface area contributed by atoms with Crippen LogP contribution in [-0.4, -0.2) is 36.1 Å². The Hall–Kier alpha value is -0.930. The Morgan fingerprint density at radius 3 is 2.45 bits per heavy atom. The molecule has 0 atom stereocenters. The van der Waals surface area contributed by atoms with Crippen molar-refractivity contribution >= 4 is 0 Å². The van der Waals surface area contributed by atoms with Crippen LogP contribution in [0.15, 0.2) is 24.4 Å². The molecule has 114 valence electrons. The lowest BCUT2D eigenvalue weighted by molar-refractivity contribution is 0.147. The SMILES string of the molecule is CCC(CC)(CNC(C)C)CN(C)Cc1ccccn1. The zero-order valence-electron chi connectivity index (χ0n) is 13.8. The van der Waals surface area contributed by atoms with Crippen molar-refractivity contribution < 1.29 is 0 Å². The molecule has 0 unspecified atom stereocenters. The first kappa shape index (κ1) is 17.1. The summed E-state index contributed by atoms with van der Waals surface area (Å²) in [7, 11) is 2.20. The molecule has 3 heteroatoms. The summed E-state index contributed by atoms with van der Waals surface area (Å²) in [5.41, 5.74) is 1.50. The van der Waals surface area contributed by atoms with E-state index in [4.69, 9.17) is 0 Å². The molecular formula is C17H31N3. The second-order valence-electron chi connectivity index (χ2n) is 6.24. The molecule has 0 spiro atoms. The molecule has 3 nitrogen and oxygen atoms in total. The smallest absolute Gasteiger partial charge is 0.0543 e. The molecule has 1 aromatic heterocycles. The monoisotopic (exact) mass is 277 g/mol. The van der Waals surface area contributed by atoms with E-state index in [0.717, 1.165) is 25.3 Å². The molecule has 20 heavy (non-hydrogen) atoms. The van der Waals surface area contributed by atoms with Crippen LogP contribution in [0.25, 0.3) is 0 Å². The van der Waals surface area contributed by atoms with Gasteiger partial charge in [0.15, 0.2) is 0 Å². The third-order valence-corrected chi connectivity index (χ3v) is 4.15. The number of hydrogen-bond donors (Lipinski definition) is 1. The minimum Gasteiger partial charge on any atom is -0.314 e. The maximum absolute atomic E-state index is 4.42. The van der Waals surface area contributed by atoms with E-state index in [1.54, 1.807) is 0 Å². The van der Waals surface area contributed by atoms with Gasteiger partial charge in [0.2, 0.25) is 0 Å². The van der Waals surface area contributed by atoms with Crippen molar-refractivity contribution in [1.82, 2.24) is 15.2 Å². The summed E-state index contributed by atoms with van der Waals surface area (Å²) in [4.78, 5) is 6.82. The second-order valence-corrected chi connectivity index (χ2v) is 6.24. The molecule has 0 fully saturated rings. The van der Waals surface area contributed by atoms with Crippen LogP contribution in [-0.2, 0) is 6.54 Å². The van der Waals surface area contributed by atoms with Gasteiger partial charge in [-0.05, 0) is 37.4 Å². The Morgan fingerprint density at radius 1 is 1.25 bits per heavy atom. The molecule has 1 aromatic rings. The average Bonchev–Trinajstić information content (AvgIpc) is 2.44. The lowest BCUT2D eigenvalue weighted by atomic mass is 9.81. The van der Waals surface area contributed by atoms with E-state index in [1.807, 2.05) is 12.3 Å². The standard InChI is InChI=1S/C17H31N3/c1-6-17(7-2,13-19-15(3)4)14-20(5)12-16-10-8-9-11-18-16/h8-11,15,19H,6-7,12-14H2,1-5H3.